The van der Waals surface area contributed by atoms with E-state index in [1.165, 1.54) is 0 Å². The second-order valence-electron chi connectivity index (χ2n) is 6.85. The monoisotopic (exact) mass is 437 g/mol. The Kier molecular flexibility index (Phi) is 5.62. The minimum absolute atomic E-state index is 0.300. The summed E-state index contributed by atoms with van der Waals surface area (Å²) in [5.41, 5.74) is 2.45. The van der Waals surface area contributed by atoms with Crippen LogP contribution < -0.4 is 4.74 Å². The van der Waals surface area contributed by atoms with Crippen molar-refractivity contribution in [3.05, 3.63) is 99.7 Å². The van der Waals surface area contributed by atoms with Gasteiger partial charge in [0.1, 0.15) is 5.75 Å². The standard InChI is InChI=1S/C24H17Cl2NO3/c1-30-19-9-2-15(3-10-19)13-27-14-21(20-11-8-18(26)12-22(20)27)24(29)23(28)16-4-6-17(25)7-5-16/h2-12,14H,13H2,1H3. The Morgan fingerprint density at radius 3 is 2.20 bits per heavy atom. The Morgan fingerprint density at radius 2 is 1.53 bits per heavy atom. The van der Waals surface area contributed by atoms with Crippen LogP contribution >= 0.6 is 23.2 Å². The summed E-state index contributed by atoms with van der Waals surface area (Å²) in [4.78, 5) is 25.8. The number of nitrogens with zero attached hydrogens (tertiary/aromatic N) is 1. The lowest BCUT2D eigenvalue weighted by atomic mass is 10.0. The molecule has 0 N–H and O–H groups in total. The van der Waals surface area contributed by atoms with Gasteiger partial charge in [-0.25, -0.2) is 0 Å². The summed E-state index contributed by atoms with van der Waals surface area (Å²) in [5.74, 6) is -0.383. The predicted molar refractivity (Wildman–Crippen MR) is 119 cm³/mol. The highest BCUT2D eigenvalue weighted by molar-refractivity contribution is 6.51. The molecule has 1 heterocycles. The molecule has 1 aromatic heterocycles. The number of halogens is 2. The highest BCUT2D eigenvalue weighted by Gasteiger charge is 2.23. The first-order valence-corrected chi connectivity index (χ1v) is 9.98. The van der Waals surface area contributed by atoms with E-state index < -0.39 is 11.6 Å². The zero-order chi connectivity index (χ0) is 21.3. The molecule has 3 aromatic carbocycles. The number of rotatable bonds is 6. The van der Waals surface area contributed by atoms with Gasteiger partial charge in [0.25, 0.3) is 0 Å². The van der Waals surface area contributed by atoms with Crippen LogP contribution in [0.15, 0.2) is 72.9 Å². The summed E-state index contributed by atoms with van der Waals surface area (Å²) in [7, 11) is 1.62. The molecule has 0 aliphatic rings. The summed E-state index contributed by atoms with van der Waals surface area (Å²) >= 11 is 12.1. The van der Waals surface area contributed by atoms with Gasteiger partial charge >= 0.3 is 0 Å². The minimum Gasteiger partial charge on any atom is -0.497 e. The number of fused-ring (bicyclic) bond motifs is 1. The number of Topliss-reactive ketones (excluding diaryl/α,β-unsaturated/α-hetero) is 2. The molecule has 4 nitrogen and oxygen atoms in total. The van der Waals surface area contributed by atoms with Crippen molar-refractivity contribution in [1.82, 2.24) is 4.57 Å². The van der Waals surface area contributed by atoms with Crippen LogP contribution in [0.25, 0.3) is 10.9 Å². The molecular formula is C24H17Cl2NO3. The lowest BCUT2D eigenvalue weighted by molar-refractivity contribution is 0.0818. The number of ketones is 2. The molecule has 0 aliphatic heterocycles. The molecule has 0 unspecified atom stereocenters. The normalized spacial score (nSPS) is 10.9. The molecule has 4 aromatic rings. The van der Waals surface area contributed by atoms with Crippen molar-refractivity contribution in [2.75, 3.05) is 7.11 Å². The van der Waals surface area contributed by atoms with Crippen LogP contribution in [0, 0.1) is 0 Å². The van der Waals surface area contributed by atoms with Gasteiger partial charge in [-0.05, 0) is 54.1 Å². The molecule has 150 valence electrons. The Bertz CT molecular complexity index is 1240. The number of carbonyl (C=O) groups is 2. The highest BCUT2D eigenvalue weighted by Crippen LogP contribution is 2.27. The quantitative estimate of drug-likeness (QED) is 0.271. The first-order chi connectivity index (χ1) is 14.5. The molecule has 0 saturated carbocycles. The summed E-state index contributed by atoms with van der Waals surface area (Å²) < 4.78 is 7.12. The van der Waals surface area contributed by atoms with Crippen LogP contribution in [-0.4, -0.2) is 23.2 Å². The first-order valence-electron chi connectivity index (χ1n) is 9.22. The summed E-state index contributed by atoms with van der Waals surface area (Å²) in [5, 5.41) is 1.74. The van der Waals surface area contributed by atoms with Crippen molar-refractivity contribution < 1.29 is 14.3 Å². The van der Waals surface area contributed by atoms with Crippen molar-refractivity contribution in [1.29, 1.82) is 0 Å². The lowest BCUT2D eigenvalue weighted by Crippen LogP contribution is -2.14. The Morgan fingerprint density at radius 1 is 0.867 bits per heavy atom. The molecule has 6 heteroatoms. The fourth-order valence-electron chi connectivity index (χ4n) is 3.36. The Balaban J connectivity index is 1.73. The maximum atomic E-state index is 13.0. The van der Waals surface area contributed by atoms with Crippen molar-refractivity contribution in [2.45, 2.75) is 6.54 Å². The largest absolute Gasteiger partial charge is 0.497 e. The van der Waals surface area contributed by atoms with Gasteiger partial charge in [-0.3, -0.25) is 9.59 Å². The number of aromatic nitrogens is 1. The van der Waals surface area contributed by atoms with E-state index >= 15 is 0 Å². The second kappa shape index (κ2) is 8.34. The van der Waals surface area contributed by atoms with Gasteiger partial charge in [0.2, 0.25) is 11.6 Å². The van der Waals surface area contributed by atoms with Gasteiger partial charge in [0.15, 0.2) is 0 Å². The van der Waals surface area contributed by atoms with E-state index in [4.69, 9.17) is 27.9 Å². The fourth-order valence-corrected chi connectivity index (χ4v) is 3.65. The average molecular weight is 438 g/mol. The van der Waals surface area contributed by atoms with E-state index in [9.17, 15) is 9.59 Å². The number of benzene rings is 3. The SMILES string of the molecule is COc1ccc(Cn2cc(C(=O)C(=O)c3ccc(Cl)cc3)c3ccc(Cl)cc32)cc1. The van der Waals surface area contributed by atoms with Crippen LogP contribution in [-0.2, 0) is 6.54 Å². The highest BCUT2D eigenvalue weighted by atomic mass is 35.5. The van der Waals surface area contributed by atoms with E-state index in [2.05, 4.69) is 0 Å². The van der Waals surface area contributed by atoms with E-state index in [1.54, 1.807) is 55.8 Å². The number of carbonyl (C=O) groups excluding carboxylic acids is 2. The van der Waals surface area contributed by atoms with Crippen LogP contribution in [0.2, 0.25) is 10.0 Å². The molecule has 0 aliphatic carbocycles. The van der Waals surface area contributed by atoms with E-state index in [1.807, 2.05) is 28.8 Å². The Hall–Kier alpha value is -3.08. The van der Waals surface area contributed by atoms with Gasteiger partial charge in [-0.1, -0.05) is 41.4 Å². The van der Waals surface area contributed by atoms with Crippen molar-refractivity contribution in [3.8, 4) is 5.75 Å². The fraction of sp³-hybridized carbons (Fsp3) is 0.0833. The first kappa shape index (κ1) is 20.2. The summed E-state index contributed by atoms with van der Waals surface area (Å²) in [6.45, 7) is 0.517. The maximum Gasteiger partial charge on any atom is 0.235 e. The number of methoxy groups -OCH3 is 1. The number of hydrogen-bond donors (Lipinski definition) is 0. The minimum atomic E-state index is -0.579. The van der Waals surface area contributed by atoms with Crippen molar-refractivity contribution in [3.63, 3.8) is 0 Å². The molecule has 0 saturated heterocycles. The van der Waals surface area contributed by atoms with E-state index in [0.29, 0.717) is 33.1 Å². The third kappa shape index (κ3) is 3.97. The van der Waals surface area contributed by atoms with Crippen molar-refractivity contribution >= 4 is 45.7 Å². The summed E-state index contributed by atoms with van der Waals surface area (Å²) in [6.07, 6.45) is 1.71. The number of hydrogen-bond acceptors (Lipinski definition) is 3. The van der Waals surface area contributed by atoms with Crippen LogP contribution in [0.1, 0.15) is 26.3 Å². The van der Waals surface area contributed by atoms with Gasteiger partial charge in [-0.2, -0.15) is 0 Å². The van der Waals surface area contributed by atoms with Gasteiger partial charge in [-0.15, -0.1) is 0 Å². The molecular weight excluding hydrogens is 421 g/mol. The molecule has 0 fully saturated rings. The molecule has 30 heavy (non-hydrogen) atoms. The lowest BCUT2D eigenvalue weighted by Gasteiger charge is -2.07. The summed E-state index contributed by atoms with van der Waals surface area (Å²) in [6, 6.07) is 19.2. The van der Waals surface area contributed by atoms with Gasteiger partial charge < -0.3 is 9.30 Å². The van der Waals surface area contributed by atoms with E-state index in [-0.39, 0.29) is 0 Å². The third-order valence-corrected chi connectivity index (χ3v) is 5.40. The second-order valence-corrected chi connectivity index (χ2v) is 7.72. The number of ether oxygens (including phenoxy) is 1. The molecule has 0 amide bonds. The van der Waals surface area contributed by atoms with Crippen molar-refractivity contribution in [2.24, 2.45) is 0 Å². The van der Waals surface area contributed by atoms with Crippen LogP contribution in [0.5, 0.6) is 5.75 Å². The average Bonchev–Trinajstić information content (AvgIpc) is 3.11. The van der Waals surface area contributed by atoms with Gasteiger partial charge in [0.05, 0.1) is 18.2 Å². The molecule has 4 rings (SSSR count). The zero-order valence-electron chi connectivity index (χ0n) is 16.1. The smallest absolute Gasteiger partial charge is 0.235 e. The molecule has 0 bridgehead atoms. The van der Waals surface area contributed by atoms with E-state index in [0.717, 1.165) is 16.8 Å². The maximum absolute atomic E-state index is 13.0. The zero-order valence-corrected chi connectivity index (χ0v) is 17.6. The molecule has 0 atom stereocenters. The molecule has 0 spiro atoms. The van der Waals surface area contributed by atoms with Crippen LogP contribution in [0.4, 0.5) is 0 Å². The Labute approximate surface area is 183 Å². The predicted octanol–water partition coefficient (Wildman–Crippen LogP) is 6.07. The third-order valence-electron chi connectivity index (χ3n) is 4.91. The topological polar surface area (TPSA) is 48.3 Å². The van der Waals surface area contributed by atoms with Gasteiger partial charge in [0, 0.05) is 33.7 Å². The molecule has 0 radical (unpaired) electrons. The van der Waals surface area contributed by atoms with Crippen LogP contribution in [0.3, 0.4) is 0 Å².